The summed E-state index contributed by atoms with van der Waals surface area (Å²) in [7, 11) is 0. The fourth-order valence-corrected chi connectivity index (χ4v) is 4.57. The Labute approximate surface area is 165 Å². The lowest BCUT2D eigenvalue weighted by Crippen LogP contribution is -2.24. The maximum atomic E-state index is 12.5. The van der Waals surface area contributed by atoms with Crippen molar-refractivity contribution in [1.82, 2.24) is 15.3 Å². The molecule has 0 atom stereocenters. The maximum absolute atomic E-state index is 12.5. The van der Waals surface area contributed by atoms with E-state index in [0.29, 0.717) is 13.0 Å². The van der Waals surface area contributed by atoms with Crippen LogP contribution in [0, 0.1) is 0 Å². The Kier molecular flexibility index (Phi) is 5.37. The number of thiazole rings is 1. The minimum Gasteiger partial charge on any atom is -0.350 e. The first kappa shape index (κ1) is 17.6. The summed E-state index contributed by atoms with van der Waals surface area (Å²) in [4.78, 5) is 23.6. The third kappa shape index (κ3) is 4.30. The fourth-order valence-electron chi connectivity index (χ4n) is 2.68. The molecule has 0 aliphatic rings. The van der Waals surface area contributed by atoms with E-state index in [-0.39, 0.29) is 5.91 Å². The number of pyridine rings is 1. The molecule has 1 amide bonds. The van der Waals surface area contributed by atoms with E-state index in [2.05, 4.69) is 10.3 Å². The highest BCUT2D eigenvalue weighted by Gasteiger charge is 2.17. The minimum atomic E-state index is -0.0262. The normalized spacial score (nSPS) is 10.7. The van der Waals surface area contributed by atoms with Crippen LogP contribution < -0.4 is 5.32 Å². The minimum absolute atomic E-state index is 0.0262. The molecule has 3 aromatic heterocycles. The molecule has 0 radical (unpaired) electrons. The topological polar surface area (TPSA) is 54.9 Å². The van der Waals surface area contributed by atoms with Crippen LogP contribution in [0.2, 0.25) is 0 Å². The number of amides is 1. The van der Waals surface area contributed by atoms with Gasteiger partial charge in [0.1, 0.15) is 5.01 Å². The quantitative estimate of drug-likeness (QED) is 0.514. The Balaban J connectivity index is 1.55. The van der Waals surface area contributed by atoms with Crippen molar-refractivity contribution in [1.29, 1.82) is 0 Å². The van der Waals surface area contributed by atoms with Crippen LogP contribution in [0.25, 0.3) is 21.1 Å². The van der Waals surface area contributed by atoms with E-state index in [1.807, 2.05) is 66.0 Å². The highest BCUT2D eigenvalue weighted by Crippen LogP contribution is 2.36. The van der Waals surface area contributed by atoms with Crippen molar-refractivity contribution < 1.29 is 4.79 Å². The summed E-state index contributed by atoms with van der Waals surface area (Å²) in [5.41, 5.74) is 2.82. The third-order valence-corrected chi connectivity index (χ3v) is 5.97. The van der Waals surface area contributed by atoms with Crippen LogP contribution in [0.15, 0.2) is 72.2 Å². The number of nitrogens with zero attached hydrogens (tertiary/aromatic N) is 2. The standard InChI is InChI=1S/C21H17N3OS2/c25-19(23-14-16-9-4-5-11-22-16)13-18-20(17-10-6-12-26-17)24-21(27-18)15-7-2-1-3-8-15/h1-12H,13-14H2,(H,23,25). The molecule has 4 rings (SSSR count). The molecule has 0 aliphatic carbocycles. The molecular formula is C21H17N3OS2. The third-order valence-electron chi connectivity index (χ3n) is 3.99. The second-order valence-electron chi connectivity index (χ2n) is 5.91. The Morgan fingerprint density at radius 2 is 1.85 bits per heavy atom. The van der Waals surface area contributed by atoms with Gasteiger partial charge in [-0.05, 0) is 23.6 Å². The smallest absolute Gasteiger partial charge is 0.225 e. The Morgan fingerprint density at radius 1 is 1.00 bits per heavy atom. The first-order valence-corrected chi connectivity index (χ1v) is 10.2. The lowest BCUT2D eigenvalue weighted by atomic mass is 10.2. The Hall–Kier alpha value is -2.83. The molecule has 0 aliphatic heterocycles. The molecule has 0 saturated heterocycles. The summed E-state index contributed by atoms with van der Waals surface area (Å²) in [5, 5.41) is 5.92. The summed E-state index contributed by atoms with van der Waals surface area (Å²) < 4.78 is 0. The Morgan fingerprint density at radius 3 is 2.59 bits per heavy atom. The number of hydrogen-bond acceptors (Lipinski definition) is 5. The van der Waals surface area contributed by atoms with Crippen LogP contribution in [-0.4, -0.2) is 15.9 Å². The van der Waals surface area contributed by atoms with Gasteiger partial charge in [-0.25, -0.2) is 4.98 Å². The monoisotopic (exact) mass is 391 g/mol. The van der Waals surface area contributed by atoms with E-state index < -0.39 is 0 Å². The van der Waals surface area contributed by atoms with Crippen molar-refractivity contribution in [2.24, 2.45) is 0 Å². The van der Waals surface area contributed by atoms with Gasteiger partial charge in [-0.3, -0.25) is 9.78 Å². The molecule has 0 unspecified atom stereocenters. The lowest BCUT2D eigenvalue weighted by Gasteiger charge is -2.04. The van der Waals surface area contributed by atoms with Gasteiger partial charge in [-0.1, -0.05) is 42.5 Å². The molecule has 0 bridgehead atoms. The van der Waals surface area contributed by atoms with E-state index in [9.17, 15) is 4.79 Å². The number of thiophene rings is 1. The summed E-state index contributed by atoms with van der Waals surface area (Å²) in [6, 6.07) is 19.8. The van der Waals surface area contributed by atoms with Gasteiger partial charge in [0.25, 0.3) is 0 Å². The van der Waals surface area contributed by atoms with Crippen molar-refractivity contribution >= 4 is 28.6 Å². The van der Waals surface area contributed by atoms with Crippen LogP contribution in [0.1, 0.15) is 10.6 Å². The van der Waals surface area contributed by atoms with Crippen LogP contribution in [0.5, 0.6) is 0 Å². The zero-order valence-electron chi connectivity index (χ0n) is 14.5. The first-order valence-electron chi connectivity index (χ1n) is 8.55. The summed E-state index contributed by atoms with van der Waals surface area (Å²) in [6.07, 6.45) is 2.04. The van der Waals surface area contributed by atoms with Crippen molar-refractivity contribution in [3.05, 3.63) is 82.8 Å². The number of benzene rings is 1. The van der Waals surface area contributed by atoms with Crippen LogP contribution >= 0.6 is 22.7 Å². The molecule has 0 saturated carbocycles. The summed E-state index contributed by atoms with van der Waals surface area (Å²) >= 11 is 3.22. The zero-order valence-corrected chi connectivity index (χ0v) is 16.1. The van der Waals surface area contributed by atoms with Crippen LogP contribution in [-0.2, 0) is 17.8 Å². The zero-order chi connectivity index (χ0) is 18.5. The molecule has 1 N–H and O–H groups in total. The SMILES string of the molecule is O=C(Cc1sc(-c2ccccc2)nc1-c1cccs1)NCc1ccccn1. The molecule has 0 spiro atoms. The number of hydrogen-bond donors (Lipinski definition) is 1. The summed E-state index contributed by atoms with van der Waals surface area (Å²) in [5.74, 6) is -0.0262. The van der Waals surface area contributed by atoms with E-state index in [4.69, 9.17) is 4.98 Å². The van der Waals surface area contributed by atoms with Crippen molar-refractivity contribution in [2.45, 2.75) is 13.0 Å². The molecule has 1 aromatic carbocycles. The highest BCUT2D eigenvalue weighted by molar-refractivity contribution is 7.17. The second-order valence-corrected chi connectivity index (χ2v) is 7.94. The molecule has 4 aromatic rings. The highest BCUT2D eigenvalue weighted by atomic mass is 32.1. The van der Waals surface area contributed by atoms with Gasteiger partial charge in [0, 0.05) is 16.6 Å². The molecule has 134 valence electrons. The maximum Gasteiger partial charge on any atom is 0.225 e. The Bertz CT molecular complexity index is 1010. The van der Waals surface area contributed by atoms with Crippen molar-refractivity contribution in [3.63, 3.8) is 0 Å². The largest absolute Gasteiger partial charge is 0.350 e. The number of nitrogens with one attached hydrogen (secondary N) is 1. The van der Waals surface area contributed by atoms with E-state index in [0.717, 1.165) is 31.7 Å². The van der Waals surface area contributed by atoms with Gasteiger partial charge in [0.05, 0.1) is 29.2 Å². The van der Waals surface area contributed by atoms with Crippen LogP contribution in [0.3, 0.4) is 0 Å². The first-order chi connectivity index (χ1) is 13.3. The molecule has 27 heavy (non-hydrogen) atoms. The number of rotatable bonds is 6. The van der Waals surface area contributed by atoms with E-state index in [1.165, 1.54) is 0 Å². The summed E-state index contributed by atoms with van der Waals surface area (Å²) in [6.45, 7) is 0.429. The second kappa shape index (κ2) is 8.24. The number of carbonyl (C=O) groups excluding carboxylic acids is 1. The lowest BCUT2D eigenvalue weighted by molar-refractivity contribution is -0.120. The van der Waals surface area contributed by atoms with Gasteiger partial charge in [-0.15, -0.1) is 22.7 Å². The molecule has 0 fully saturated rings. The predicted octanol–water partition coefficient (Wildman–Crippen LogP) is 4.79. The fraction of sp³-hybridized carbons (Fsp3) is 0.0952. The molecular weight excluding hydrogens is 374 g/mol. The van der Waals surface area contributed by atoms with E-state index >= 15 is 0 Å². The van der Waals surface area contributed by atoms with Gasteiger partial charge in [0.15, 0.2) is 0 Å². The average molecular weight is 392 g/mol. The van der Waals surface area contributed by atoms with E-state index in [1.54, 1.807) is 28.9 Å². The average Bonchev–Trinajstić information content (AvgIpc) is 3.38. The predicted molar refractivity (Wildman–Crippen MR) is 111 cm³/mol. The molecule has 6 heteroatoms. The number of carbonyl (C=O) groups is 1. The van der Waals surface area contributed by atoms with Crippen LogP contribution in [0.4, 0.5) is 0 Å². The van der Waals surface area contributed by atoms with Crippen molar-refractivity contribution in [2.75, 3.05) is 0 Å². The van der Waals surface area contributed by atoms with Gasteiger partial charge < -0.3 is 5.32 Å². The van der Waals surface area contributed by atoms with Gasteiger partial charge in [0.2, 0.25) is 5.91 Å². The number of aromatic nitrogens is 2. The van der Waals surface area contributed by atoms with Gasteiger partial charge >= 0.3 is 0 Å². The molecule has 3 heterocycles. The molecule has 4 nitrogen and oxygen atoms in total. The van der Waals surface area contributed by atoms with Gasteiger partial charge in [-0.2, -0.15) is 0 Å². The van der Waals surface area contributed by atoms with Crippen molar-refractivity contribution in [3.8, 4) is 21.1 Å².